The summed E-state index contributed by atoms with van der Waals surface area (Å²) in [7, 11) is 4.01. The van der Waals surface area contributed by atoms with Crippen LogP contribution < -0.4 is 42.8 Å². The van der Waals surface area contributed by atoms with Crippen molar-refractivity contribution in [1.29, 1.82) is 0 Å². The van der Waals surface area contributed by atoms with Crippen molar-refractivity contribution in [3.8, 4) is 5.75 Å². The van der Waals surface area contributed by atoms with E-state index in [-0.39, 0.29) is 130 Å². The number of nitrogens with one attached hydrogen (secondary N) is 8. The number of urea groups is 2. The zero-order valence-corrected chi connectivity index (χ0v) is 69.0. The molecule has 1 fully saturated rings. The molecular weight excluding hydrogens is 1570 g/mol. The van der Waals surface area contributed by atoms with E-state index in [0.29, 0.717) is 35.4 Å². The maximum Gasteiger partial charge on any atom is 0.426 e. The highest BCUT2D eigenvalue weighted by Crippen LogP contribution is 2.34. The average Bonchev–Trinajstić information content (AvgIpc) is 1.80. The Morgan fingerprint density at radius 2 is 1.33 bits per heavy atom. The molecule has 37 heteroatoms. The van der Waals surface area contributed by atoms with E-state index in [9.17, 15) is 97.5 Å². The SMILES string of the molecule is CCCC(=O)OCN(C(=O)[C@@H](CC(=O)[C@H]1CCCCN1C)C(C)CC)[C@H](C[C@@H](C)c1nc(C(=O)N[C@@H](Cc2ccc(O)cc2)C[C@H](C)C(=O)NNC(=O)OCCSSC[C@H](NC(=O)[C@@H](CC(=O)[C@H](CC(=O)O)NC(=O)NCCCC[C@H](NC(=O)N[C@@H](CCC(=O)O)C(=O)O)C(=O)O)Cc2ccc3ccccc3c2)C(=O)O)cs1)C(C)C. The van der Waals surface area contributed by atoms with Crippen molar-refractivity contribution in [1.82, 2.24) is 57.5 Å². The zero-order valence-electron chi connectivity index (χ0n) is 66.6. The van der Waals surface area contributed by atoms with Crippen LogP contribution in [0.25, 0.3) is 10.8 Å². The molecule has 116 heavy (non-hydrogen) atoms. The van der Waals surface area contributed by atoms with Crippen LogP contribution in [0.3, 0.4) is 0 Å². The Morgan fingerprint density at radius 3 is 1.97 bits per heavy atom. The number of unbranched alkanes of at least 4 members (excludes halogenated alkanes) is 1. The van der Waals surface area contributed by atoms with Crippen LogP contribution >= 0.6 is 32.9 Å². The topological polar surface area (TPSA) is 511 Å². The first-order valence-electron chi connectivity index (χ1n) is 38.8. The van der Waals surface area contributed by atoms with E-state index >= 15 is 0 Å². The quantitative estimate of drug-likeness (QED) is 0.00653. The second-order valence-electron chi connectivity index (χ2n) is 29.4. The number of carboxylic acids is 5. The van der Waals surface area contributed by atoms with Gasteiger partial charge >= 0.3 is 54.0 Å². The van der Waals surface area contributed by atoms with Gasteiger partial charge in [-0.3, -0.25) is 53.5 Å². The first kappa shape index (κ1) is 96.4. The molecule has 0 spiro atoms. The minimum absolute atomic E-state index is 0.0133. The van der Waals surface area contributed by atoms with Crippen LogP contribution in [0, 0.1) is 29.6 Å². The van der Waals surface area contributed by atoms with Crippen LogP contribution in [0.5, 0.6) is 5.75 Å². The highest BCUT2D eigenvalue weighted by Gasteiger charge is 2.40. The van der Waals surface area contributed by atoms with Crippen LogP contribution in [0.4, 0.5) is 14.4 Å². The average molecular weight is 1680 g/mol. The van der Waals surface area contributed by atoms with Gasteiger partial charge in [0.25, 0.3) is 5.91 Å². The number of benzene rings is 3. The summed E-state index contributed by atoms with van der Waals surface area (Å²) >= 11 is 1.26. The molecule has 1 aromatic heterocycles. The molecule has 1 aliphatic rings. The number of Topliss-reactive ketones (excluding diaryl/α,β-unsaturated/α-hetero) is 2. The molecule has 3 aromatic carbocycles. The van der Waals surface area contributed by atoms with Crippen molar-refractivity contribution in [2.75, 3.05) is 45.0 Å². The third-order valence-electron chi connectivity index (χ3n) is 20.0. The Bertz CT molecular complexity index is 4000. The number of fused-ring (bicyclic) bond motifs is 1. The molecule has 14 N–H and O–H groups in total. The predicted octanol–water partition coefficient (Wildman–Crippen LogP) is 8.03. The van der Waals surface area contributed by atoms with Gasteiger partial charge in [-0.15, -0.1) is 11.3 Å². The minimum atomic E-state index is -1.71. The van der Waals surface area contributed by atoms with E-state index in [4.69, 9.17) is 19.6 Å². The number of esters is 1. The number of rotatable bonds is 51. The lowest BCUT2D eigenvalue weighted by atomic mass is 9.82. The molecule has 0 radical (unpaired) electrons. The van der Waals surface area contributed by atoms with Crippen molar-refractivity contribution in [3.63, 3.8) is 0 Å². The number of aliphatic carboxylic acids is 5. The monoisotopic (exact) mass is 1680 g/mol. The molecule has 9 amide bonds. The van der Waals surface area contributed by atoms with Crippen molar-refractivity contribution in [2.45, 2.75) is 212 Å². The number of aromatic hydroxyl groups is 1. The number of hydrazine groups is 1. The van der Waals surface area contributed by atoms with Gasteiger partial charge in [-0.2, -0.15) is 0 Å². The van der Waals surface area contributed by atoms with Crippen molar-refractivity contribution >= 4 is 133 Å². The minimum Gasteiger partial charge on any atom is -0.508 e. The maximum absolute atomic E-state index is 15.0. The van der Waals surface area contributed by atoms with Gasteiger partial charge in [-0.05, 0) is 130 Å². The third-order valence-corrected chi connectivity index (χ3v) is 23.4. The Morgan fingerprint density at radius 1 is 0.664 bits per heavy atom. The number of carbonyl (C=O) groups excluding carboxylic acids is 10. The van der Waals surface area contributed by atoms with E-state index in [0.717, 1.165) is 58.2 Å². The third kappa shape index (κ3) is 33.6. The van der Waals surface area contributed by atoms with Crippen molar-refractivity contribution in [3.05, 3.63) is 93.9 Å². The van der Waals surface area contributed by atoms with E-state index in [2.05, 4.69) is 42.3 Å². The number of likely N-dealkylation sites (tertiary alicyclic amines) is 1. The van der Waals surface area contributed by atoms with Crippen LogP contribution in [-0.2, 0) is 75.1 Å². The molecular formula is C79H111N11O23S3. The summed E-state index contributed by atoms with van der Waals surface area (Å²) in [5.41, 5.74) is 5.90. The summed E-state index contributed by atoms with van der Waals surface area (Å²) in [6.07, 6.45) is 0.777. The molecule has 638 valence electrons. The standard InChI is InChI=1S/C79H111N11O23S3/c1-9-17-68(98)113-44-90(73(102)56(46(5)10-2)40-65(93)62-21-14-16-31-89(62)8)63(45(3)4)35-48(7)72-83-60(42-114-72)71(101)81-54(38-49-23-26-55(91)27-24-49)34-47(6)69(99)87-88-79(111)112-32-33-115-116-43-61(76(107)108)82-70(100)53(37-50-22-25-51-18-11-12-19-52(51)36-50)39-64(92)59(41-67(96)97)86-77(109)80-30-15-13-20-57(74(103)104)84-78(110)85-58(75(105)106)28-29-66(94)95/h11-12,18-19,22-27,36,42,45-48,53-54,56-59,61-63,91H,9-10,13-17,20-21,28-35,37-41,43-44H2,1-8H3,(H,81,101)(H,82,100)(H,87,99)(H,88,111)(H,94,95)(H,96,97)(H,103,104)(H,105,106)(H,107,108)(H2,80,86,109)(H2,84,85,110)/t46?,47-,48+,53+,54+,56-,57-,58-,59-,61-,62+,63+/m0/s1. The lowest BCUT2D eigenvalue weighted by Crippen LogP contribution is -2.51. The number of hydrogen-bond acceptors (Lipinski definition) is 23. The molecule has 1 unspecified atom stereocenters. The number of piperidine rings is 1. The number of carboxylic acid groups (broad SMARTS) is 5. The van der Waals surface area contributed by atoms with Crippen molar-refractivity contribution in [2.24, 2.45) is 29.6 Å². The maximum atomic E-state index is 15.0. The molecule has 0 aliphatic carbocycles. The molecule has 2 heterocycles. The second-order valence-corrected chi connectivity index (χ2v) is 33.0. The number of nitrogens with zero attached hydrogens (tertiary/aromatic N) is 3. The van der Waals surface area contributed by atoms with Crippen LogP contribution in [0.1, 0.15) is 184 Å². The number of aromatic nitrogens is 1. The predicted molar refractivity (Wildman–Crippen MR) is 432 cm³/mol. The molecule has 5 rings (SSSR count). The summed E-state index contributed by atoms with van der Waals surface area (Å²) in [5, 5.41) is 76.2. The zero-order chi connectivity index (χ0) is 85.7. The molecule has 12 atom stereocenters. The Kier molecular flexibility index (Phi) is 41.3. The first-order valence-corrected chi connectivity index (χ1v) is 42.2. The van der Waals surface area contributed by atoms with E-state index in [1.54, 1.807) is 53.6 Å². The van der Waals surface area contributed by atoms with Crippen LogP contribution in [-0.4, -0.2) is 222 Å². The number of amides is 9. The van der Waals surface area contributed by atoms with Gasteiger partial charge in [0.15, 0.2) is 18.3 Å². The van der Waals surface area contributed by atoms with E-state index in [1.807, 2.05) is 72.1 Å². The number of hydrogen-bond donors (Lipinski definition) is 14. The number of likely N-dealkylation sites (N-methyl/N-ethyl adjacent to an activating group) is 1. The van der Waals surface area contributed by atoms with Gasteiger partial charge in [0, 0.05) is 84.9 Å². The fourth-order valence-electron chi connectivity index (χ4n) is 13.2. The Balaban J connectivity index is 1.15. The summed E-state index contributed by atoms with van der Waals surface area (Å²) in [6, 6.07) is 8.78. The second kappa shape index (κ2) is 49.7. The highest BCUT2D eigenvalue weighted by atomic mass is 33.1. The first-order chi connectivity index (χ1) is 55.1. The van der Waals surface area contributed by atoms with E-state index < -0.39 is 157 Å². The number of thiazole rings is 1. The van der Waals surface area contributed by atoms with Crippen LogP contribution in [0.15, 0.2) is 72.1 Å². The lowest BCUT2D eigenvalue weighted by Gasteiger charge is -2.39. The molecule has 34 nitrogen and oxygen atoms in total. The fraction of sp³-hybridized carbons (Fsp3) is 0.570. The van der Waals surface area contributed by atoms with Gasteiger partial charge in [0.2, 0.25) is 17.7 Å². The number of phenols is 1. The summed E-state index contributed by atoms with van der Waals surface area (Å²) in [6.45, 7) is 13.4. The van der Waals surface area contributed by atoms with Gasteiger partial charge in [0.05, 0.1) is 23.5 Å². The highest BCUT2D eigenvalue weighted by molar-refractivity contribution is 8.76. The molecule has 1 aliphatic heterocycles. The molecule has 1 saturated heterocycles. The van der Waals surface area contributed by atoms with Gasteiger partial charge in [0.1, 0.15) is 36.2 Å². The Hall–Kier alpha value is -10.1. The molecule has 0 saturated carbocycles. The summed E-state index contributed by atoms with van der Waals surface area (Å²) in [4.78, 5) is 204. The smallest absolute Gasteiger partial charge is 0.426 e. The van der Waals surface area contributed by atoms with Gasteiger partial charge < -0.3 is 76.9 Å². The summed E-state index contributed by atoms with van der Waals surface area (Å²) < 4.78 is 11.0. The molecule has 4 aromatic rings. The number of ketones is 2. The molecule has 0 bridgehead atoms. The number of carbonyl (C=O) groups is 15. The lowest BCUT2D eigenvalue weighted by molar-refractivity contribution is -0.160. The number of phenolic OH excluding ortho intramolecular Hbond substituents is 1. The summed E-state index contributed by atoms with van der Waals surface area (Å²) in [5.74, 6) is -14.5. The largest absolute Gasteiger partial charge is 0.508 e. The van der Waals surface area contributed by atoms with Crippen LogP contribution in [0.2, 0.25) is 0 Å². The number of ether oxygens (including phenoxy) is 2. The van der Waals surface area contributed by atoms with Gasteiger partial charge in [-0.25, -0.2) is 39.2 Å². The normalized spacial score (nSPS) is 15.6. The van der Waals surface area contributed by atoms with Crippen molar-refractivity contribution < 1.29 is 112 Å². The van der Waals surface area contributed by atoms with Gasteiger partial charge in [-0.1, -0.05) is 137 Å². The fourth-order valence-corrected chi connectivity index (χ4v) is 16.0. The Labute approximate surface area is 685 Å². The van der Waals surface area contributed by atoms with E-state index in [1.165, 1.54) is 23.5 Å².